The Bertz CT molecular complexity index is 1930. The van der Waals surface area contributed by atoms with Gasteiger partial charge in [-0.3, -0.25) is 9.36 Å². The minimum Gasteiger partial charge on any atom is -0.493 e. The molecule has 0 saturated heterocycles. The zero-order valence-electron chi connectivity index (χ0n) is 25.6. The number of benzene rings is 3. The molecule has 10 heteroatoms. The third-order valence-electron chi connectivity index (χ3n) is 7.02. The van der Waals surface area contributed by atoms with Gasteiger partial charge in [-0.25, -0.2) is 9.79 Å². The number of carbonyl (C=O) groups excluding carboxylic acids is 1. The molecule has 232 valence electrons. The minimum atomic E-state index is -0.855. The first kappa shape index (κ1) is 31.3. The van der Waals surface area contributed by atoms with Gasteiger partial charge in [0.05, 0.1) is 49.3 Å². The lowest BCUT2D eigenvalue weighted by molar-refractivity contribution is -0.138. The van der Waals surface area contributed by atoms with Crippen molar-refractivity contribution in [3.8, 4) is 23.0 Å². The molecule has 0 saturated carbocycles. The summed E-state index contributed by atoms with van der Waals surface area (Å²) in [5, 5.41) is 0. The highest BCUT2D eigenvalue weighted by atomic mass is 32.1. The second-order valence-corrected chi connectivity index (χ2v) is 10.8. The predicted molar refractivity (Wildman–Crippen MR) is 174 cm³/mol. The van der Waals surface area contributed by atoms with Gasteiger partial charge in [0.25, 0.3) is 5.56 Å². The predicted octanol–water partition coefficient (Wildman–Crippen LogP) is 4.92. The Hall–Kier alpha value is -5.09. The minimum absolute atomic E-state index is 0.155. The van der Waals surface area contributed by atoms with Crippen molar-refractivity contribution < 1.29 is 28.5 Å². The van der Waals surface area contributed by atoms with E-state index < -0.39 is 12.0 Å². The summed E-state index contributed by atoms with van der Waals surface area (Å²) in [4.78, 5) is 33.3. The summed E-state index contributed by atoms with van der Waals surface area (Å²) in [6.07, 6.45) is 3.44. The van der Waals surface area contributed by atoms with Gasteiger partial charge in [-0.05, 0) is 55.3 Å². The van der Waals surface area contributed by atoms with Crippen LogP contribution in [0.5, 0.6) is 23.0 Å². The standard InChI is InChI=1S/C35H34N2O7S/c1-6-18-44-26-16-14-22(19-28(26)42-7-2)20-29-33(38)37-32(24-15-17-25(40-4)27(21-24)41-5)30(34(39)43-8-3)31(36-35(37)45-29)23-12-10-9-11-13-23/h6,9-17,19-21,32H,1,7-8,18H2,2-5H3/b29-20-/t32-/m0/s1. The van der Waals surface area contributed by atoms with Crippen molar-refractivity contribution in [2.24, 2.45) is 4.99 Å². The molecule has 0 bridgehead atoms. The van der Waals surface area contributed by atoms with Crippen molar-refractivity contribution in [1.82, 2.24) is 4.57 Å². The summed E-state index contributed by atoms with van der Waals surface area (Å²) >= 11 is 1.24. The molecule has 3 aromatic carbocycles. The average Bonchev–Trinajstić information content (AvgIpc) is 3.37. The molecule has 1 aromatic heterocycles. The van der Waals surface area contributed by atoms with Crippen LogP contribution < -0.4 is 33.8 Å². The van der Waals surface area contributed by atoms with Crippen molar-refractivity contribution in [2.45, 2.75) is 19.9 Å². The summed E-state index contributed by atoms with van der Waals surface area (Å²) in [5.74, 6) is 1.55. The maximum Gasteiger partial charge on any atom is 0.338 e. The molecule has 0 fully saturated rings. The number of nitrogens with zero attached hydrogens (tertiary/aromatic N) is 2. The van der Waals surface area contributed by atoms with Gasteiger partial charge in [0, 0.05) is 5.56 Å². The van der Waals surface area contributed by atoms with E-state index in [4.69, 9.17) is 28.7 Å². The monoisotopic (exact) mass is 626 g/mol. The van der Waals surface area contributed by atoms with Crippen LogP contribution in [0.15, 0.2) is 94.7 Å². The van der Waals surface area contributed by atoms with E-state index in [2.05, 4.69) is 6.58 Å². The molecule has 45 heavy (non-hydrogen) atoms. The van der Waals surface area contributed by atoms with E-state index in [1.807, 2.05) is 55.5 Å². The van der Waals surface area contributed by atoms with Crippen LogP contribution in [0.1, 0.15) is 36.6 Å². The molecule has 4 aromatic rings. The molecule has 1 atom stereocenters. The van der Waals surface area contributed by atoms with Crippen molar-refractivity contribution in [3.05, 3.63) is 121 Å². The fraction of sp³-hybridized carbons (Fsp3) is 0.229. The molecular weight excluding hydrogens is 592 g/mol. The van der Waals surface area contributed by atoms with E-state index in [1.54, 1.807) is 49.0 Å². The van der Waals surface area contributed by atoms with Gasteiger partial charge in [0.15, 0.2) is 27.8 Å². The van der Waals surface area contributed by atoms with E-state index >= 15 is 0 Å². The summed E-state index contributed by atoms with van der Waals surface area (Å²) in [6.45, 7) is 8.27. The van der Waals surface area contributed by atoms with Gasteiger partial charge >= 0.3 is 5.97 Å². The molecule has 9 nitrogen and oxygen atoms in total. The highest BCUT2D eigenvalue weighted by Crippen LogP contribution is 2.38. The molecule has 2 heterocycles. The number of ether oxygens (including phenoxy) is 5. The summed E-state index contributed by atoms with van der Waals surface area (Å²) < 4.78 is 30.1. The Morgan fingerprint density at radius 2 is 1.69 bits per heavy atom. The first-order valence-corrected chi connectivity index (χ1v) is 15.3. The van der Waals surface area contributed by atoms with Crippen LogP contribution >= 0.6 is 11.3 Å². The molecule has 0 N–H and O–H groups in total. The Morgan fingerprint density at radius 3 is 2.38 bits per heavy atom. The molecule has 0 amide bonds. The van der Waals surface area contributed by atoms with E-state index in [1.165, 1.54) is 18.4 Å². The van der Waals surface area contributed by atoms with Crippen LogP contribution in [0.4, 0.5) is 0 Å². The smallest absolute Gasteiger partial charge is 0.338 e. The van der Waals surface area contributed by atoms with Crippen molar-refractivity contribution in [2.75, 3.05) is 34.0 Å². The van der Waals surface area contributed by atoms with Crippen molar-refractivity contribution in [3.63, 3.8) is 0 Å². The number of esters is 1. The van der Waals surface area contributed by atoms with Gasteiger partial charge in [-0.1, -0.05) is 66.5 Å². The van der Waals surface area contributed by atoms with E-state index in [9.17, 15) is 9.59 Å². The molecule has 1 aliphatic heterocycles. The Balaban J connectivity index is 1.77. The summed E-state index contributed by atoms with van der Waals surface area (Å²) in [7, 11) is 3.09. The topological polar surface area (TPSA) is 97.6 Å². The van der Waals surface area contributed by atoms with E-state index in [0.717, 1.165) is 11.1 Å². The van der Waals surface area contributed by atoms with Gasteiger partial charge in [-0.15, -0.1) is 0 Å². The number of carbonyl (C=O) groups is 1. The fourth-order valence-electron chi connectivity index (χ4n) is 5.08. The van der Waals surface area contributed by atoms with Crippen LogP contribution in [-0.2, 0) is 9.53 Å². The number of thiazole rings is 1. The Morgan fingerprint density at radius 1 is 0.933 bits per heavy atom. The molecule has 0 radical (unpaired) electrons. The molecular formula is C35H34N2O7S. The molecule has 0 spiro atoms. The summed E-state index contributed by atoms with van der Waals surface area (Å²) in [5.41, 5.74) is 2.47. The highest BCUT2D eigenvalue weighted by molar-refractivity contribution is 7.07. The fourth-order valence-corrected chi connectivity index (χ4v) is 6.08. The number of aromatic nitrogens is 1. The van der Waals surface area contributed by atoms with Gasteiger partial charge in [0.2, 0.25) is 0 Å². The van der Waals surface area contributed by atoms with Crippen LogP contribution in [0.3, 0.4) is 0 Å². The molecule has 0 unspecified atom stereocenters. The lowest BCUT2D eigenvalue weighted by Crippen LogP contribution is -2.40. The third kappa shape index (κ3) is 6.41. The van der Waals surface area contributed by atoms with Crippen LogP contribution in [0.2, 0.25) is 0 Å². The highest BCUT2D eigenvalue weighted by Gasteiger charge is 2.35. The summed E-state index contributed by atoms with van der Waals surface area (Å²) in [6, 6.07) is 19.3. The van der Waals surface area contributed by atoms with E-state index in [-0.39, 0.29) is 17.7 Å². The number of rotatable bonds is 12. The first-order valence-electron chi connectivity index (χ1n) is 14.4. The SMILES string of the molecule is C=CCOc1ccc(/C=c2\sc3n(c2=O)[C@@H](c2ccc(OC)c(OC)c2)C(C(=O)OCC)=C(c2ccccc2)N=3)cc1OCC. The number of hydrogen-bond acceptors (Lipinski definition) is 9. The normalized spacial score (nSPS) is 14.3. The average molecular weight is 627 g/mol. The largest absolute Gasteiger partial charge is 0.493 e. The van der Waals surface area contributed by atoms with Gasteiger partial charge in [0.1, 0.15) is 6.61 Å². The number of hydrogen-bond donors (Lipinski definition) is 0. The molecule has 0 aliphatic carbocycles. The van der Waals surface area contributed by atoms with E-state index in [0.29, 0.717) is 56.8 Å². The van der Waals surface area contributed by atoms with Crippen LogP contribution in [-0.4, -0.2) is 44.6 Å². The zero-order valence-corrected chi connectivity index (χ0v) is 26.4. The second-order valence-electron chi connectivity index (χ2n) is 9.78. The Kier molecular flexibility index (Phi) is 9.84. The van der Waals surface area contributed by atoms with Crippen LogP contribution in [0.25, 0.3) is 11.8 Å². The third-order valence-corrected chi connectivity index (χ3v) is 8.00. The van der Waals surface area contributed by atoms with Crippen molar-refractivity contribution in [1.29, 1.82) is 0 Å². The lowest BCUT2D eigenvalue weighted by atomic mass is 9.93. The maximum atomic E-state index is 14.3. The quantitative estimate of drug-likeness (QED) is 0.163. The number of methoxy groups -OCH3 is 2. The zero-order chi connectivity index (χ0) is 31.9. The second kappa shape index (κ2) is 14.1. The Labute approximate surface area is 264 Å². The molecule has 5 rings (SSSR count). The maximum absolute atomic E-state index is 14.3. The van der Waals surface area contributed by atoms with Crippen LogP contribution in [0, 0.1) is 0 Å². The molecule has 1 aliphatic rings. The number of fused-ring (bicyclic) bond motifs is 1. The van der Waals surface area contributed by atoms with Gasteiger partial charge in [-0.2, -0.15) is 0 Å². The van der Waals surface area contributed by atoms with Gasteiger partial charge < -0.3 is 23.7 Å². The lowest BCUT2D eigenvalue weighted by Gasteiger charge is -2.26. The van der Waals surface area contributed by atoms with Crippen molar-refractivity contribution >= 4 is 29.1 Å². The first-order chi connectivity index (χ1) is 21.9.